The predicted octanol–water partition coefficient (Wildman–Crippen LogP) is 3.49. The molecule has 1 aliphatic rings. The van der Waals surface area contributed by atoms with Crippen LogP contribution in [0.25, 0.3) is 6.08 Å². The topological polar surface area (TPSA) is 69.7 Å². The van der Waals surface area contributed by atoms with Crippen LogP contribution in [0.2, 0.25) is 0 Å². The zero-order valence-corrected chi connectivity index (χ0v) is 16.7. The molecule has 0 unspecified atom stereocenters. The van der Waals surface area contributed by atoms with Gasteiger partial charge < -0.3 is 4.90 Å². The van der Waals surface area contributed by atoms with Crippen LogP contribution in [-0.4, -0.2) is 31.9 Å². The Morgan fingerprint density at radius 2 is 1.81 bits per heavy atom. The molecule has 1 aliphatic heterocycles. The SMILES string of the molecule is Cc1cccc(N2C(=O)NC(=O)/C(=C/c3ccc(N(C)C)c(Br)c3)C2=O)c1. The van der Waals surface area contributed by atoms with Crippen molar-refractivity contribution in [1.29, 1.82) is 0 Å². The highest BCUT2D eigenvalue weighted by Crippen LogP contribution is 2.28. The molecule has 27 heavy (non-hydrogen) atoms. The molecule has 0 saturated carbocycles. The number of benzene rings is 2. The minimum atomic E-state index is -0.753. The van der Waals surface area contributed by atoms with Gasteiger partial charge in [-0.3, -0.25) is 14.9 Å². The van der Waals surface area contributed by atoms with E-state index in [1.807, 2.05) is 44.1 Å². The Bertz CT molecular complexity index is 982. The fourth-order valence-electron chi connectivity index (χ4n) is 2.80. The zero-order valence-electron chi connectivity index (χ0n) is 15.1. The summed E-state index contributed by atoms with van der Waals surface area (Å²) in [7, 11) is 3.84. The number of barbiturate groups is 1. The lowest BCUT2D eigenvalue weighted by Crippen LogP contribution is -2.54. The van der Waals surface area contributed by atoms with Crippen molar-refractivity contribution in [2.24, 2.45) is 0 Å². The number of nitrogens with zero attached hydrogens (tertiary/aromatic N) is 2. The second kappa shape index (κ2) is 7.36. The van der Waals surface area contributed by atoms with Crippen molar-refractivity contribution in [1.82, 2.24) is 5.32 Å². The van der Waals surface area contributed by atoms with Crippen molar-refractivity contribution in [3.8, 4) is 0 Å². The van der Waals surface area contributed by atoms with Gasteiger partial charge in [0.1, 0.15) is 5.57 Å². The number of halogens is 1. The molecule has 0 bridgehead atoms. The second-order valence-corrected chi connectivity index (χ2v) is 7.26. The molecule has 4 amide bonds. The summed E-state index contributed by atoms with van der Waals surface area (Å²) < 4.78 is 0.831. The van der Waals surface area contributed by atoms with Crippen molar-refractivity contribution in [3.05, 3.63) is 63.6 Å². The maximum Gasteiger partial charge on any atom is 0.335 e. The third-order valence-electron chi connectivity index (χ3n) is 4.13. The zero-order chi connectivity index (χ0) is 19.7. The number of hydrogen-bond acceptors (Lipinski definition) is 4. The van der Waals surface area contributed by atoms with Gasteiger partial charge in [0.05, 0.1) is 11.4 Å². The smallest absolute Gasteiger partial charge is 0.335 e. The number of hydrogen-bond donors (Lipinski definition) is 1. The number of aryl methyl sites for hydroxylation is 1. The molecule has 0 aliphatic carbocycles. The molecule has 2 aromatic carbocycles. The first-order valence-electron chi connectivity index (χ1n) is 8.23. The maximum absolute atomic E-state index is 12.9. The van der Waals surface area contributed by atoms with Crippen molar-refractivity contribution in [3.63, 3.8) is 0 Å². The fourth-order valence-corrected chi connectivity index (χ4v) is 3.55. The van der Waals surface area contributed by atoms with Crippen LogP contribution < -0.4 is 15.1 Å². The summed E-state index contributed by atoms with van der Waals surface area (Å²) in [5.74, 6) is -1.36. The third-order valence-corrected chi connectivity index (χ3v) is 4.76. The highest BCUT2D eigenvalue weighted by Gasteiger charge is 2.36. The monoisotopic (exact) mass is 427 g/mol. The van der Waals surface area contributed by atoms with Crippen LogP contribution in [0, 0.1) is 6.92 Å². The van der Waals surface area contributed by atoms with Crippen LogP contribution in [0.15, 0.2) is 52.5 Å². The van der Waals surface area contributed by atoms with Gasteiger partial charge in [-0.05, 0) is 64.3 Å². The summed E-state index contributed by atoms with van der Waals surface area (Å²) in [6.07, 6.45) is 1.48. The first-order chi connectivity index (χ1) is 12.8. The molecule has 6 nitrogen and oxygen atoms in total. The molecule has 1 heterocycles. The molecule has 138 valence electrons. The Labute approximate surface area is 165 Å². The van der Waals surface area contributed by atoms with E-state index in [2.05, 4.69) is 21.2 Å². The minimum absolute atomic E-state index is 0.0967. The Morgan fingerprint density at radius 3 is 2.44 bits per heavy atom. The quantitative estimate of drug-likeness (QED) is 0.601. The van der Waals surface area contributed by atoms with Gasteiger partial charge in [0.15, 0.2) is 0 Å². The average molecular weight is 428 g/mol. The molecular formula is C20H18BrN3O3. The number of urea groups is 1. The second-order valence-electron chi connectivity index (χ2n) is 6.40. The van der Waals surface area contributed by atoms with Gasteiger partial charge in [-0.25, -0.2) is 9.69 Å². The summed E-state index contributed by atoms with van der Waals surface area (Å²) in [5.41, 5.74) is 2.86. The number of rotatable bonds is 3. The lowest BCUT2D eigenvalue weighted by molar-refractivity contribution is -0.122. The highest BCUT2D eigenvalue weighted by molar-refractivity contribution is 9.10. The lowest BCUT2D eigenvalue weighted by atomic mass is 10.1. The Kier molecular flexibility index (Phi) is 5.14. The molecular weight excluding hydrogens is 410 g/mol. The van der Waals surface area contributed by atoms with E-state index >= 15 is 0 Å². The molecule has 1 N–H and O–H groups in total. The van der Waals surface area contributed by atoms with E-state index in [1.165, 1.54) is 6.08 Å². The van der Waals surface area contributed by atoms with Gasteiger partial charge in [-0.2, -0.15) is 0 Å². The van der Waals surface area contributed by atoms with Crippen LogP contribution in [0.3, 0.4) is 0 Å². The largest absolute Gasteiger partial charge is 0.377 e. The fraction of sp³-hybridized carbons (Fsp3) is 0.150. The van der Waals surface area contributed by atoms with E-state index in [1.54, 1.807) is 24.3 Å². The van der Waals surface area contributed by atoms with Crippen LogP contribution in [0.1, 0.15) is 11.1 Å². The van der Waals surface area contributed by atoms with E-state index in [0.29, 0.717) is 11.3 Å². The molecule has 0 aromatic heterocycles. The summed E-state index contributed by atoms with van der Waals surface area (Å²) in [6.45, 7) is 1.86. The lowest BCUT2D eigenvalue weighted by Gasteiger charge is -2.26. The highest BCUT2D eigenvalue weighted by atomic mass is 79.9. The van der Waals surface area contributed by atoms with Crippen LogP contribution in [0.5, 0.6) is 0 Å². The van der Waals surface area contributed by atoms with Gasteiger partial charge >= 0.3 is 6.03 Å². The van der Waals surface area contributed by atoms with Crippen molar-refractivity contribution in [2.75, 3.05) is 23.9 Å². The van der Waals surface area contributed by atoms with Crippen LogP contribution >= 0.6 is 15.9 Å². The number of anilines is 2. The summed E-state index contributed by atoms with van der Waals surface area (Å²) in [5, 5.41) is 2.23. The van der Waals surface area contributed by atoms with Crippen LogP contribution in [-0.2, 0) is 9.59 Å². The molecule has 3 rings (SSSR count). The summed E-state index contributed by atoms with van der Waals surface area (Å²) in [4.78, 5) is 40.3. The van der Waals surface area contributed by atoms with Gasteiger partial charge in [-0.15, -0.1) is 0 Å². The number of nitrogens with one attached hydrogen (secondary N) is 1. The van der Waals surface area contributed by atoms with E-state index in [4.69, 9.17) is 0 Å². The number of amides is 4. The predicted molar refractivity (Wildman–Crippen MR) is 109 cm³/mol. The van der Waals surface area contributed by atoms with Crippen molar-refractivity contribution >= 4 is 51.2 Å². The molecule has 7 heteroatoms. The molecule has 1 fully saturated rings. The minimum Gasteiger partial charge on any atom is -0.377 e. The van der Waals surface area contributed by atoms with E-state index in [0.717, 1.165) is 20.6 Å². The van der Waals surface area contributed by atoms with E-state index in [9.17, 15) is 14.4 Å². The standard InChI is InChI=1S/C20H18BrN3O3/c1-12-5-4-6-14(9-12)24-19(26)15(18(25)22-20(24)27)10-13-7-8-17(23(2)3)16(21)11-13/h4-11H,1-3H3,(H,22,25,27)/b15-10-. The first kappa shape index (κ1) is 18.8. The Balaban J connectivity index is 2.00. The first-order valence-corrected chi connectivity index (χ1v) is 9.02. The van der Waals surface area contributed by atoms with E-state index < -0.39 is 17.8 Å². The Hall–Kier alpha value is -2.93. The molecule has 1 saturated heterocycles. The van der Waals surface area contributed by atoms with E-state index in [-0.39, 0.29) is 5.57 Å². The van der Waals surface area contributed by atoms with Gasteiger partial charge in [-0.1, -0.05) is 18.2 Å². The van der Waals surface area contributed by atoms with Crippen molar-refractivity contribution < 1.29 is 14.4 Å². The number of carbonyl (C=O) groups excluding carboxylic acids is 3. The molecule has 0 radical (unpaired) electrons. The van der Waals surface area contributed by atoms with Gasteiger partial charge in [0.25, 0.3) is 11.8 Å². The van der Waals surface area contributed by atoms with Crippen molar-refractivity contribution in [2.45, 2.75) is 6.92 Å². The normalized spacial score (nSPS) is 15.9. The maximum atomic E-state index is 12.9. The van der Waals surface area contributed by atoms with Gasteiger partial charge in [0.2, 0.25) is 0 Å². The summed E-state index contributed by atoms with van der Waals surface area (Å²) in [6, 6.07) is 11.7. The molecule has 0 spiro atoms. The third kappa shape index (κ3) is 3.78. The Morgan fingerprint density at radius 1 is 1.07 bits per heavy atom. The molecule has 2 aromatic rings. The number of carbonyl (C=O) groups is 3. The summed E-state index contributed by atoms with van der Waals surface area (Å²) >= 11 is 3.49. The molecule has 0 atom stereocenters. The average Bonchev–Trinajstić information content (AvgIpc) is 2.58. The van der Waals surface area contributed by atoms with Crippen LogP contribution in [0.4, 0.5) is 16.2 Å². The van der Waals surface area contributed by atoms with Gasteiger partial charge in [0, 0.05) is 18.6 Å². The number of imide groups is 2.